The van der Waals surface area contributed by atoms with E-state index in [-0.39, 0.29) is 5.91 Å². The molecule has 4 heteroatoms. The number of aromatic nitrogens is 1. The third-order valence-corrected chi connectivity index (χ3v) is 3.78. The fraction of sp³-hybridized carbons (Fsp3) is 0.158. The van der Waals surface area contributed by atoms with Gasteiger partial charge in [-0.1, -0.05) is 60.6 Å². The lowest BCUT2D eigenvalue weighted by Gasteiger charge is -2.09. The second-order valence-electron chi connectivity index (χ2n) is 5.29. The fourth-order valence-electron chi connectivity index (χ4n) is 2.57. The summed E-state index contributed by atoms with van der Waals surface area (Å²) in [7, 11) is 0. The Bertz CT molecular complexity index is 822. The van der Waals surface area contributed by atoms with Crippen LogP contribution in [0.4, 0.5) is 5.69 Å². The lowest BCUT2D eigenvalue weighted by atomic mass is 10.0. The molecule has 0 bridgehead atoms. The smallest absolute Gasteiger partial charge is 0.261 e. The fourth-order valence-corrected chi connectivity index (χ4v) is 2.57. The van der Waals surface area contributed by atoms with Crippen LogP contribution >= 0.6 is 0 Å². The first-order chi connectivity index (χ1) is 11.2. The zero-order chi connectivity index (χ0) is 16.2. The number of para-hydroxylation sites is 1. The second-order valence-corrected chi connectivity index (χ2v) is 5.29. The van der Waals surface area contributed by atoms with Crippen LogP contribution in [0.25, 0.3) is 11.3 Å². The van der Waals surface area contributed by atoms with E-state index >= 15 is 0 Å². The Morgan fingerprint density at radius 2 is 1.78 bits per heavy atom. The molecule has 0 spiro atoms. The molecule has 0 fully saturated rings. The van der Waals surface area contributed by atoms with Crippen LogP contribution < -0.4 is 5.32 Å². The Labute approximate surface area is 135 Å². The Morgan fingerprint density at radius 3 is 2.52 bits per heavy atom. The number of anilines is 1. The number of benzene rings is 2. The molecular weight excluding hydrogens is 288 g/mol. The van der Waals surface area contributed by atoms with Gasteiger partial charge in [0.1, 0.15) is 17.0 Å². The largest absolute Gasteiger partial charge is 0.360 e. The molecule has 1 amide bonds. The minimum Gasteiger partial charge on any atom is -0.360 e. The van der Waals surface area contributed by atoms with Crippen LogP contribution in [0.2, 0.25) is 0 Å². The van der Waals surface area contributed by atoms with Gasteiger partial charge in [-0.25, -0.2) is 0 Å². The van der Waals surface area contributed by atoms with Gasteiger partial charge in [-0.05, 0) is 25.0 Å². The molecule has 3 aromatic rings. The van der Waals surface area contributed by atoms with Crippen LogP contribution in [-0.2, 0) is 6.42 Å². The number of carbonyl (C=O) groups excluding carboxylic acids is 1. The maximum Gasteiger partial charge on any atom is 0.261 e. The molecule has 1 N–H and O–H groups in total. The van der Waals surface area contributed by atoms with Gasteiger partial charge in [-0.15, -0.1) is 0 Å². The third kappa shape index (κ3) is 3.01. The zero-order valence-corrected chi connectivity index (χ0v) is 13.2. The maximum atomic E-state index is 12.7. The molecule has 4 nitrogen and oxygen atoms in total. The average molecular weight is 306 g/mol. The molecule has 0 aliphatic carbocycles. The lowest BCUT2D eigenvalue weighted by Crippen LogP contribution is -2.14. The summed E-state index contributed by atoms with van der Waals surface area (Å²) in [6.45, 7) is 3.81. The molecule has 0 saturated heterocycles. The van der Waals surface area contributed by atoms with Gasteiger partial charge < -0.3 is 9.84 Å². The van der Waals surface area contributed by atoms with Gasteiger partial charge in [0.25, 0.3) is 5.91 Å². The highest BCUT2D eigenvalue weighted by Gasteiger charge is 2.22. The van der Waals surface area contributed by atoms with Crippen LogP contribution in [0, 0.1) is 6.92 Å². The number of carbonyl (C=O) groups is 1. The van der Waals surface area contributed by atoms with E-state index in [4.69, 9.17) is 4.52 Å². The highest BCUT2D eigenvalue weighted by Crippen LogP contribution is 2.26. The van der Waals surface area contributed by atoms with Crippen LogP contribution in [-0.4, -0.2) is 11.1 Å². The summed E-state index contributed by atoms with van der Waals surface area (Å²) in [4.78, 5) is 12.7. The molecule has 3 rings (SSSR count). The van der Waals surface area contributed by atoms with Crippen LogP contribution in [0.15, 0.2) is 59.1 Å². The maximum absolute atomic E-state index is 12.7. The molecule has 0 atom stereocenters. The summed E-state index contributed by atoms with van der Waals surface area (Å²) >= 11 is 0. The molecule has 0 unspecified atom stereocenters. The van der Waals surface area contributed by atoms with Crippen molar-refractivity contribution in [2.45, 2.75) is 20.3 Å². The van der Waals surface area contributed by atoms with Gasteiger partial charge in [0.2, 0.25) is 0 Å². The van der Waals surface area contributed by atoms with Crippen molar-refractivity contribution in [2.75, 3.05) is 5.32 Å². The molecule has 23 heavy (non-hydrogen) atoms. The van der Waals surface area contributed by atoms with E-state index in [9.17, 15) is 4.79 Å². The van der Waals surface area contributed by atoms with Crippen molar-refractivity contribution in [3.05, 3.63) is 71.5 Å². The van der Waals surface area contributed by atoms with E-state index in [2.05, 4.69) is 17.4 Å². The van der Waals surface area contributed by atoms with Crippen LogP contribution in [0.3, 0.4) is 0 Å². The van der Waals surface area contributed by atoms with Gasteiger partial charge in [0.05, 0.1) is 0 Å². The third-order valence-electron chi connectivity index (χ3n) is 3.78. The molecule has 0 radical (unpaired) electrons. The summed E-state index contributed by atoms with van der Waals surface area (Å²) in [5, 5.41) is 7.03. The molecule has 0 aliphatic heterocycles. The Kier molecular flexibility index (Phi) is 4.24. The Balaban J connectivity index is 1.96. The van der Waals surface area contributed by atoms with Crippen molar-refractivity contribution < 1.29 is 9.32 Å². The molecular formula is C19H18N2O2. The highest BCUT2D eigenvalue weighted by atomic mass is 16.5. The van der Waals surface area contributed by atoms with Crippen molar-refractivity contribution in [1.29, 1.82) is 0 Å². The number of aryl methyl sites for hydroxylation is 2. The predicted molar refractivity (Wildman–Crippen MR) is 90.4 cm³/mol. The van der Waals surface area contributed by atoms with Gasteiger partial charge >= 0.3 is 0 Å². The number of hydrogen-bond donors (Lipinski definition) is 1. The standard InChI is InChI=1S/C19H18N2O2/c1-3-14-9-7-8-12-16(14)20-19(22)17-13(2)23-21-18(17)15-10-5-4-6-11-15/h4-12H,3H2,1-2H3,(H,20,22). The molecule has 2 aromatic carbocycles. The predicted octanol–water partition coefficient (Wildman–Crippen LogP) is 4.46. The summed E-state index contributed by atoms with van der Waals surface area (Å²) in [6.07, 6.45) is 0.852. The SMILES string of the molecule is CCc1ccccc1NC(=O)c1c(-c2ccccc2)noc1C. The molecule has 0 saturated carbocycles. The molecule has 1 heterocycles. The van der Waals surface area contributed by atoms with Crippen molar-refractivity contribution in [2.24, 2.45) is 0 Å². The molecule has 116 valence electrons. The van der Waals surface area contributed by atoms with Gasteiger partial charge in [0.15, 0.2) is 0 Å². The summed E-state index contributed by atoms with van der Waals surface area (Å²) in [5.74, 6) is 0.304. The first-order valence-electron chi connectivity index (χ1n) is 7.61. The number of rotatable bonds is 4. The van der Waals surface area contributed by atoms with E-state index in [0.29, 0.717) is 17.0 Å². The van der Waals surface area contributed by atoms with E-state index in [1.807, 2.05) is 54.6 Å². The van der Waals surface area contributed by atoms with Crippen LogP contribution in [0.1, 0.15) is 28.6 Å². The number of nitrogens with one attached hydrogen (secondary N) is 1. The van der Waals surface area contributed by atoms with Crippen molar-refractivity contribution in [1.82, 2.24) is 5.16 Å². The van der Waals surface area contributed by atoms with E-state index in [0.717, 1.165) is 23.2 Å². The summed E-state index contributed by atoms with van der Waals surface area (Å²) in [6, 6.07) is 17.4. The van der Waals surface area contributed by atoms with Crippen LogP contribution in [0.5, 0.6) is 0 Å². The van der Waals surface area contributed by atoms with Gasteiger partial charge in [-0.2, -0.15) is 0 Å². The average Bonchev–Trinajstić information content (AvgIpc) is 2.98. The summed E-state index contributed by atoms with van der Waals surface area (Å²) in [5.41, 5.74) is 3.81. The Morgan fingerprint density at radius 1 is 1.09 bits per heavy atom. The normalized spacial score (nSPS) is 10.5. The minimum absolute atomic E-state index is 0.205. The number of nitrogens with zero attached hydrogens (tertiary/aromatic N) is 1. The van der Waals surface area contributed by atoms with Crippen molar-refractivity contribution in [3.8, 4) is 11.3 Å². The second kappa shape index (κ2) is 6.48. The molecule has 1 aromatic heterocycles. The topological polar surface area (TPSA) is 55.1 Å². The monoisotopic (exact) mass is 306 g/mol. The highest BCUT2D eigenvalue weighted by molar-refractivity contribution is 6.09. The lowest BCUT2D eigenvalue weighted by molar-refractivity contribution is 0.102. The summed E-state index contributed by atoms with van der Waals surface area (Å²) < 4.78 is 5.25. The van der Waals surface area contributed by atoms with E-state index in [1.165, 1.54) is 0 Å². The van der Waals surface area contributed by atoms with E-state index < -0.39 is 0 Å². The van der Waals surface area contributed by atoms with E-state index in [1.54, 1.807) is 6.92 Å². The minimum atomic E-state index is -0.205. The zero-order valence-electron chi connectivity index (χ0n) is 13.2. The van der Waals surface area contributed by atoms with Crippen molar-refractivity contribution in [3.63, 3.8) is 0 Å². The Hall–Kier alpha value is -2.88. The number of amides is 1. The quantitative estimate of drug-likeness (QED) is 0.774. The first kappa shape index (κ1) is 15.0. The van der Waals surface area contributed by atoms with Gasteiger partial charge in [-0.3, -0.25) is 4.79 Å². The molecule has 0 aliphatic rings. The first-order valence-corrected chi connectivity index (χ1v) is 7.61. The van der Waals surface area contributed by atoms with Gasteiger partial charge in [0, 0.05) is 11.3 Å². The van der Waals surface area contributed by atoms with Crippen molar-refractivity contribution >= 4 is 11.6 Å². The number of hydrogen-bond acceptors (Lipinski definition) is 3.